The molecule has 2 N–H and O–H groups in total. The second-order valence-electron chi connectivity index (χ2n) is 4.63. The fourth-order valence-corrected chi connectivity index (χ4v) is 2.38. The number of esters is 1. The molecule has 1 unspecified atom stereocenters. The number of carbonyl (C=O) groups excluding carboxylic acids is 1. The number of hydrogen-bond acceptors (Lipinski definition) is 4. The molecule has 106 valence electrons. The van der Waals surface area contributed by atoms with Crippen LogP contribution in [0, 0.1) is 5.92 Å². The highest BCUT2D eigenvalue weighted by Crippen LogP contribution is 2.29. The lowest BCUT2D eigenvalue weighted by atomic mass is 9.94. The molecule has 0 saturated heterocycles. The van der Waals surface area contributed by atoms with Crippen LogP contribution in [0.5, 0.6) is 5.75 Å². The maximum absolute atomic E-state index is 11.7. The average Bonchev–Trinajstić information content (AvgIpc) is 2.51. The topological polar surface area (TPSA) is 61.5 Å². The largest absolute Gasteiger partial charge is 0.496 e. The monoisotopic (exact) mass is 273 g/mol. The van der Waals surface area contributed by atoms with Crippen LogP contribution in [-0.4, -0.2) is 26.7 Å². The van der Waals surface area contributed by atoms with E-state index in [-0.39, 0.29) is 18.4 Å². The maximum atomic E-state index is 11.7. The summed E-state index contributed by atoms with van der Waals surface area (Å²) < 4.78 is 10.2. The fourth-order valence-electron chi connectivity index (χ4n) is 2.38. The molecule has 0 radical (unpaired) electrons. The molecule has 0 spiro atoms. The van der Waals surface area contributed by atoms with Crippen LogP contribution >= 0.6 is 0 Å². The van der Waals surface area contributed by atoms with Crippen molar-refractivity contribution in [1.82, 2.24) is 0 Å². The third-order valence-electron chi connectivity index (χ3n) is 3.48. The molecular weight excluding hydrogens is 254 g/mol. The maximum Gasteiger partial charge on any atom is 0.310 e. The predicted molar refractivity (Wildman–Crippen MR) is 78.8 cm³/mol. The van der Waals surface area contributed by atoms with Gasteiger partial charge in [0.25, 0.3) is 0 Å². The predicted octanol–water partition coefficient (Wildman–Crippen LogP) is 2.14. The molecule has 20 heavy (non-hydrogen) atoms. The molecule has 1 atom stereocenters. The van der Waals surface area contributed by atoms with Crippen molar-refractivity contribution in [3.8, 4) is 5.75 Å². The number of fused-ring (bicyclic) bond motifs is 1. The molecule has 0 aromatic heterocycles. The Morgan fingerprint density at radius 1 is 1.15 bits per heavy atom. The molecule has 4 nitrogen and oxygen atoms in total. The van der Waals surface area contributed by atoms with E-state index in [0.717, 1.165) is 22.1 Å². The lowest BCUT2D eigenvalue weighted by molar-refractivity contribution is -0.145. The second-order valence-corrected chi connectivity index (χ2v) is 4.63. The lowest BCUT2D eigenvalue weighted by Gasteiger charge is -2.15. The van der Waals surface area contributed by atoms with Crippen molar-refractivity contribution < 1.29 is 14.3 Å². The number of nitrogens with two attached hydrogens (primary N) is 1. The molecule has 2 rings (SSSR count). The molecule has 0 aliphatic heterocycles. The summed E-state index contributed by atoms with van der Waals surface area (Å²) in [4.78, 5) is 11.7. The molecule has 0 bridgehead atoms. The zero-order chi connectivity index (χ0) is 14.5. The first kappa shape index (κ1) is 14.3. The molecule has 0 aliphatic rings. The number of carbonyl (C=O) groups is 1. The third-order valence-corrected chi connectivity index (χ3v) is 3.48. The molecular formula is C16H19NO3. The summed E-state index contributed by atoms with van der Waals surface area (Å²) in [7, 11) is 3.04. The number of ether oxygens (including phenoxy) is 2. The smallest absolute Gasteiger partial charge is 0.310 e. The van der Waals surface area contributed by atoms with E-state index in [4.69, 9.17) is 15.2 Å². The summed E-state index contributed by atoms with van der Waals surface area (Å²) in [6.07, 6.45) is 0.563. The van der Waals surface area contributed by atoms with Gasteiger partial charge in [0.05, 0.1) is 20.1 Å². The van der Waals surface area contributed by atoms with Gasteiger partial charge < -0.3 is 15.2 Å². The van der Waals surface area contributed by atoms with Gasteiger partial charge in [-0.05, 0) is 23.4 Å². The highest BCUT2D eigenvalue weighted by Gasteiger charge is 2.19. The Morgan fingerprint density at radius 3 is 2.45 bits per heavy atom. The number of hydrogen-bond donors (Lipinski definition) is 1. The number of rotatable bonds is 5. The molecule has 0 amide bonds. The molecule has 0 aliphatic carbocycles. The van der Waals surface area contributed by atoms with Crippen LogP contribution in [0.4, 0.5) is 0 Å². The molecule has 0 heterocycles. The van der Waals surface area contributed by atoms with Crippen molar-refractivity contribution in [2.45, 2.75) is 6.42 Å². The highest BCUT2D eigenvalue weighted by atomic mass is 16.5. The van der Waals surface area contributed by atoms with Crippen molar-refractivity contribution in [2.24, 2.45) is 11.7 Å². The first-order valence-electron chi connectivity index (χ1n) is 6.53. The van der Waals surface area contributed by atoms with Gasteiger partial charge in [-0.2, -0.15) is 0 Å². The minimum atomic E-state index is -0.322. The molecule has 0 fully saturated rings. The quantitative estimate of drug-likeness (QED) is 0.848. The summed E-state index contributed by atoms with van der Waals surface area (Å²) in [5, 5.41) is 2.11. The Kier molecular flexibility index (Phi) is 4.58. The van der Waals surface area contributed by atoms with E-state index in [2.05, 4.69) is 0 Å². The zero-order valence-corrected chi connectivity index (χ0v) is 11.8. The Balaban J connectivity index is 2.42. The van der Waals surface area contributed by atoms with E-state index in [0.29, 0.717) is 6.42 Å². The van der Waals surface area contributed by atoms with Gasteiger partial charge in [0.2, 0.25) is 0 Å². The van der Waals surface area contributed by atoms with E-state index in [1.54, 1.807) is 7.11 Å². The van der Waals surface area contributed by atoms with E-state index < -0.39 is 0 Å². The summed E-state index contributed by atoms with van der Waals surface area (Å²) >= 11 is 0. The molecule has 2 aromatic rings. The van der Waals surface area contributed by atoms with Crippen LogP contribution < -0.4 is 10.5 Å². The van der Waals surface area contributed by atoms with Gasteiger partial charge in [-0.25, -0.2) is 0 Å². The van der Waals surface area contributed by atoms with Crippen molar-refractivity contribution in [3.05, 3.63) is 42.0 Å². The Morgan fingerprint density at radius 2 is 1.85 bits per heavy atom. The summed E-state index contributed by atoms with van der Waals surface area (Å²) in [5.74, 6) is 0.232. The van der Waals surface area contributed by atoms with E-state index in [9.17, 15) is 4.79 Å². The molecule has 2 aromatic carbocycles. The summed E-state index contributed by atoms with van der Waals surface area (Å²) in [5.41, 5.74) is 6.74. The minimum absolute atomic E-state index is 0.271. The van der Waals surface area contributed by atoms with Crippen LogP contribution in [0.3, 0.4) is 0 Å². The normalized spacial score (nSPS) is 12.2. The van der Waals surface area contributed by atoms with Gasteiger partial charge in [-0.3, -0.25) is 4.79 Å². The van der Waals surface area contributed by atoms with Crippen molar-refractivity contribution in [2.75, 3.05) is 20.8 Å². The zero-order valence-electron chi connectivity index (χ0n) is 11.8. The van der Waals surface area contributed by atoms with Gasteiger partial charge in [0.15, 0.2) is 0 Å². The second kappa shape index (κ2) is 6.39. The van der Waals surface area contributed by atoms with E-state index in [1.807, 2.05) is 36.4 Å². The standard InChI is InChI=1S/C16H19NO3/c1-19-15-8-7-11(9-12(10-17)16(18)20-2)13-5-3-4-6-14(13)15/h3-8,12H,9-10,17H2,1-2H3. The Bertz CT molecular complexity index is 610. The third kappa shape index (κ3) is 2.75. The van der Waals surface area contributed by atoms with Crippen molar-refractivity contribution >= 4 is 16.7 Å². The minimum Gasteiger partial charge on any atom is -0.496 e. The molecule has 0 saturated carbocycles. The molecule has 4 heteroatoms. The van der Waals surface area contributed by atoms with Crippen LogP contribution in [0.1, 0.15) is 5.56 Å². The SMILES string of the molecule is COC(=O)C(CN)Cc1ccc(OC)c2ccccc12. The van der Waals surface area contributed by atoms with Crippen LogP contribution in [0.15, 0.2) is 36.4 Å². The van der Waals surface area contributed by atoms with Crippen LogP contribution in [0.25, 0.3) is 10.8 Å². The van der Waals surface area contributed by atoms with Gasteiger partial charge in [0.1, 0.15) is 5.75 Å². The van der Waals surface area contributed by atoms with E-state index in [1.165, 1.54) is 7.11 Å². The van der Waals surface area contributed by atoms with Gasteiger partial charge in [-0.1, -0.05) is 30.3 Å². The van der Waals surface area contributed by atoms with Crippen molar-refractivity contribution in [1.29, 1.82) is 0 Å². The number of methoxy groups -OCH3 is 2. The van der Waals surface area contributed by atoms with Gasteiger partial charge in [0, 0.05) is 11.9 Å². The first-order valence-corrected chi connectivity index (χ1v) is 6.53. The lowest BCUT2D eigenvalue weighted by Crippen LogP contribution is -2.26. The fraction of sp³-hybridized carbons (Fsp3) is 0.312. The van der Waals surface area contributed by atoms with Crippen LogP contribution in [0.2, 0.25) is 0 Å². The van der Waals surface area contributed by atoms with Crippen LogP contribution in [-0.2, 0) is 16.0 Å². The average molecular weight is 273 g/mol. The first-order chi connectivity index (χ1) is 9.71. The summed E-state index contributed by atoms with van der Waals surface area (Å²) in [6, 6.07) is 11.9. The summed E-state index contributed by atoms with van der Waals surface area (Å²) in [6.45, 7) is 0.271. The van der Waals surface area contributed by atoms with Gasteiger partial charge in [-0.15, -0.1) is 0 Å². The van der Waals surface area contributed by atoms with Gasteiger partial charge >= 0.3 is 5.97 Å². The Labute approximate surface area is 118 Å². The van der Waals surface area contributed by atoms with E-state index >= 15 is 0 Å². The number of benzene rings is 2. The highest BCUT2D eigenvalue weighted by molar-refractivity contribution is 5.91. The van der Waals surface area contributed by atoms with Crippen molar-refractivity contribution in [3.63, 3.8) is 0 Å². The Hall–Kier alpha value is -2.07.